The number of aliphatic imine (C=N–C) groups is 1. The summed E-state index contributed by atoms with van der Waals surface area (Å²) in [5, 5.41) is 11.5. The van der Waals surface area contributed by atoms with Crippen LogP contribution in [0.3, 0.4) is 0 Å². The quantitative estimate of drug-likeness (QED) is 0.256. The van der Waals surface area contributed by atoms with Gasteiger partial charge < -0.3 is 21.9 Å². The van der Waals surface area contributed by atoms with Gasteiger partial charge in [0, 0.05) is 13.0 Å². The average molecular weight is 272 g/mol. The van der Waals surface area contributed by atoms with Crippen molar-refractivity contribution in [3.05, 3.63) is 0 Å². The van der Waals surface area contributed by atoms with E-state index in [-0.39, 0.29) is 11.9 Å². The lowest BCUT2D eigenvalue weighted by Crippen LogP contribution is -2.40. The molecule has 0 heterocycles. The van der Waals surface area contributed by atoms with Crippen molar-refractivity contribution in [3.8, 4) is 0 Å². The monoisotopic (exact) mass is 272 g/mol. The van der Waals surface area contributed by atoms with Crippen LogP contribution in [0.5, 0.6) is 0 Å². The Bertz CT molecular complexity index is 314. The first-order chi connectivity index (χ1) is 8.97. The van der Waals surface area contributed by atoms with Gasteiger partial charge in [-0.2, -0.15) is 0 Å². The van der Waals surface area contributed by atoms with Gasteiger partial charge in [-0.15, -0.1) is 0 Å². The average Bonchev–Trinajstić information content (AvgIpc) is 2.32. The highest BCUT2D eigenvalue weighted by Crippen LogP contribution is 2.02. The summed E-state index contributed by atoms with van der Waals surface area (Å²) in [4.78, 5) is 26.3. The van der Waals surface area contributed by atoms with Crippen LogP contribution in [0.2, 0.25) is 0 Å². The number of carboxylic acid groups (broad SMARTS) is 1. The number of nitrogens with two attached hydrogens (primary N) is 2. The lowest BCUT2D eigenvalue weighted by Gasteiger charge is -2.13. The molecule has 7 heteroatoms. The number of aliphatic carboxylic acids is 1. The molecule has 0 aromatic carbocycles. The summed E-state index contributed by atoms with van der Waals surface area (Å²) < 4.78 is 0. The third kappa shape index (κ3) is 9.87. The predicted octanol–water partition coefficient (Wildman–Crippen LogP) is 0.190. The summed E-state index contributed by atoms with van der Waals surface area (Å²) in [6.07, 6.45) is 3.95. The van der Waals surface area contributed by atoms with Gasteiger partial charge in [0.15, 0.2) is 5.96 Å². The Labute approximate surface area is 113 Å². The molecule has 6 N–H and O–H groups in total. The molecular weight excluding hydrogens is 248 g/mol. The van der Waals surface area contributed by atoms with Gasteiger partial charge in [0.05, 0.1) is 0 Å². The molecule has 0 spiro atoms. The number of amides is 1. The summed E-state index contributed by atoms with van der Waals surface area (Å²) in [7, 11) is 0. The maximum absolute atomic E-state index is 11.5. The number of carbonyl (C=O) groups excluding carboxylic acids is 1. The minimum atomic E-state index is -1.03. The number of rotatable bonds is 10. The van der Waals surface area contributed by atoms with Crippen LogP contribution in [0.15, 0.2) is 4.99 Å². The Kier molecular flexibility index (Phi) is 9.20. The van der Waals surface area contributed by atoms with Crippen molar-refractivity contribution in [2.24, 2.45) is 16.5 Å². The highest BCUT2D eigenvalue weighted by Gasteiger charge is 2.18. The zero-order valence-corrected chi connectivity index (χ0v) is 11.4. The van der Waals surface area contributed by atoms with Crippen LogP contribution in [-0.4, -0.2) is 35.5 Å². The van der Waals surface area contributed by atoms with Crippen LogP contribution in [0, 0.1) is 0 Å². The van der Waals surface area contributed by atoms with E-state index in [4.69, 9.17) is 16.6 Å². The van der Waals surface area contributed by atoms with Crippen molar-refractivity contribution in [1.29, 1.82) is 0 Å². The number of hydrogen-bond donors (Lipinski definition) is 4. The molecule has 0 aromatic heterocycles. The molecule has 0 aliphatic rings. The molecule has 110 valence electrons. The largest absolute Gasteiger partial charge is 0.480 e. The summed E-state index contributed by atoms with van der Waals surface area (Å²) >= 11 is 0. The van der Waals surface area contributed by atoms with Gasteiger partial charge in [-0.25, -0.2) is 4.79 Å². The molecule has 19 heavy (non-hydrogen) atoms. The maximum atomic E-state index is 11.5. The number of carboxylic acids is 1. The second-order valence-electron chi connectivity index (χ2n) is 4.36. The SMILES string of the molecule is CCCCCC(=O)NC(CCCN=C(N)N)C(=O)O. The first-order valence-corrected chi connectivity index (χ1v) is 6.55. The highest BCUT2D eigenvalue weighted by atomic mass is 16.4. The lowest BCUT2D eigenvalue weighted by atomic mass is 10.1. The van der Waals surface area contributed by atoms with Crippen molar-refractivity contribution in [1.82, 2.24) is 5.32 Å². The summed E-state index contributed by atoms with van der Waals surface area (Å²) in [6.45, 7) is 2.40. The fourth-order valence-electron chi connectivity index (χ4n) is 1.56. The first-order valence-electron chi connectivity index (χ1n) is 6.55. The molecule has 0 rings (SSSR count). The molecule has 1 unspecified atom stereocenters. The minimum absolute atomic E-state index is 0.0181. The second kappa shape index (κ2) is 10.2. The number of guanidine groups is 1. The summed E-state index contributed by atoms with van der Waals surface area (Å²) in [5.74, 6) is -1.27. The van der Waals surface area contributed by atoms with E-state index in [0.717, 1.165) is 19.3 Å². The van der Waals surface area contributed by atoms with Crippen molar-refractivity contribution in [2.45, 2.75) is 51.5 Å². The molecular formula is C12H24N4O3. The van der Waals surface area contributed by atoms with E-state index < -0.39 is 12.0 Å². The number of hydrogen-bond acceptors (Lipinski definition) is 3. The van der Waals surface area contributed by atoms with Gasteiger partial charge in [-0.3, -0.25) is 9.79 Å². The zero-order chi connectivity index (χ0) is 14.7. The highest BCUT2D eigenvalue weighted by molar-refractivity contribution is 5.83. The van der Waals surface area contributed by atoms with Gasteiger partial charge >= 0.3 is 5.97 Å². The van der Waals surface area contributed by atoms with E-state index in [1.165, 1.54) is 0 Å². The molecule has 0 radical (unpaired) electrons. The molecule has 0 bridgehead atoms. The second-order valence-corrected chi connectivity index (χ2v) is 4.36. The molecule has 0 fully saturated rings. The van der Waals surface area contributed by atoms with Gasteiger partial charge in [0.25, 0.3) is 0 Å². The molecule has 0 saturated heterocycles. The third-order valence-electron chi connectivity index (χ3n) is 2.59. The smallest absolute Gasteiger partial charge is 0.326 e. The zero-order valence-electron chi connectivity index (χ0n) is 11.4. The number of carbonyl (C=O) groups is 2. The van der Waals surface area contributed by atoms with Gasteiger partial charge in [-0.1, -0.05) is 19.8 Å². The lowest BCUT2D eigenvalue weighted by molar-refractivity contribution is -0.142. The molecule has 0 aliphatic heterocycles. The normalized spacial score (nSPS) is 11.6. The summed E-state index contributed by atoms with van der Waals surface area (Å²) in [6, 6.07) is -0.872. The number of unbranched alkanes of at least 4 members (excludes halogenated alkanes) is 2. The predicted molar refractivity (Wildman–Crippen MR) is 73.6 cm³/mol. The molecule has 0 aromatic rings. The topological polar surface area (TPSA) is 131 Å². The van der Waals surface area contributed by atoms with E-state index >= 15 is 0 Å². The van der Waals surface area contributed by atoms with Crippen molar-refractivity contribution in [3.63, 3.8) is 0 Å². The Morgan fingerprint density at radius 3 is 2.47 bits per heavy atom. The van der Waals surface area contributed by atoms with E-state index in [1.807, 2.05) is 6.92 Å². The molecule has 0 aliphatic carbocycles. The molecule has 1 amide bonds. The molecule has 7 nitrogen and oxygen atoms in total. The van der Waals surface area contributed by atoms with Crippen LogP contribution >= 0.6 is 0 Å². The number of nitrogens with zero attached hydrogens (tertiary/aromatic N) is 1. The molecule has 0 saturated carbocycles. The maximum Gasteiger partial charge on any atom is 0.326 e. The first kappa shape index (κ1) is 17.2. The van der Waals surface area contributed by atoms with Crippen LogP contribution < -0.4 is 16.8 Å². The van der Waals surface area contributed by atoms with Gasteiger partial charge in [0.1, 0.15) is 6.04 Å². The Morgan fingerprint density at radius 2 is 1.95 bits per heavy atom. The van der Waals surface area contributed by atoms with Crippen molar-refractivity contribution < 1.29 is 14.7 Å². The third-order valence-corrected chi connectivity index (χ3v) is 2.59. The van der Waals surface area contributed by atoms with Gasteiger partial charge in [0.2, 0.25) is 5.91 Å². The van der Waals surface area contributed by atoms with Crippen LogP contribution in [0.25, 0.3) is 0 Å². The van der Waals surface area contributed by atoms with E-state index in [1.54, 1.807) is 0 Å². The van der Waals surface area contributed by atoms with E-state index in [9.17, 15) is 9.59 Å². The van der Waals surface area contributed by atoms with Crippen molar-refractivity contribution in [2.75, 3.05) is 6.54 Å². The van der Waals surface area contributed by atoms with E-state index in [2.05, 4.69) is 10.3 Å². The minimum Gasteiger partial charge on any atom is -0.480 e. The standard InChI is InChI=1S/C12H24N4O3/c1-2-3-4-7-10(17)16-9(11(18)19)6-5-8-15-12(13)14/h9H,2-8H2,1H3,(H,16,17)(H,18,19)(H4,13,14,15). The van der Waals surface area contributed by atoms with Gasteiger partial charge in [-0.05, 0) is 19.3 Å². The molecule has 1 atom stereocenters. The number of nitrogens with one attached hydrogen (secondary N) is 1. The summed E-state index contributed by atoms with van der Waals surface area (Å²) in [5.41, 5.74) is 10.3. The fourth-order valence-corrected chi connectivity index (χ4v) is 1.56. The van der Waals surface area contributed by atoms with Crippen LogP contribution in [0.1, 0.15) is 45.4 Å². The van der Waals surface area contributed by atoms with Crippen LogP contribution in [-0.2, 0) is 9.59 Å². The van der Waals surface area contributed by atoms with Crippen LogP contribution in [0.4, 0.5) is 0 Å². The Balaban J connectivity index is 4.01. The fraction of sp³-hybridized carbons (Fsp3) is 0.750. The van der Waals surface area contributed by atoms with Crippen molar-refractivity contribution >= 4 is 17.8 Å². The Morgan fingerprint density at radius 1 is 1.26 bits per heavy atom. The van der Waals surface area contributed by atoms with E-state index in [0.29, 0.717) is 25.8 Å². The Hall–Kier alpha value is -1.79.